The molecule has 0 aromatic rings. The van der Waals surface area contributed by atoms with E-state index >= 15 is 0 Å². The number of hydrogen-bond donors (Lipinski definition) is 2. The van der Waals surface area contributed by atoms with Crippen LogP contribution in [-0.2, 0) is 9.36 Å². The van der Waals surface area contributed by atoms with Crippen molar-refractivity contribution >= 4 is 13.5 Å². The highest BCUT2D eigenvalue weighted by molar-refractivity contribution is 7.53. The molecule has 0 fully saturated rings. The second-order valence-corrected chi connectivity index (χ2v) is 6.40. The van der Waals surface area contributed by atoms with Crippen molar-refractivity contribution in [3.8, 4) is 0 Å². The van der Waals surface area contributed by atoms with Crippen LogP contribution in [0.3, 0.4) is 0 Å². The van der Waals surface area contributed by atoms with Gasteiger partial charge >= 0.3 is 19.9 Å². The molecule has 0 aliphatic heterocycles. The van der Waals surface area contributed by atoms with Crippen LogP contribution in [0.4, 0.5) is 26.3 Å². The summed E-state index contributed by atoms with van der Waals surface area (Å²) in [7, 11) is -3.55. The minimum atomic E-state index is -5.51. The van der Waals surface area contributed by atoms with Crippen LogP contribution in [0.5, 0.6) is 0 Å². The van der Waals surface area contributed by atoms with E-state index in [1.54, 1.807) is 0 Å². The fraction of sp³-hybridized carbons (Fsp3) is 0.889. The Labute approximate surface area is 116 Å². The van der Waals surface area contributed by atoms with Crippen molar-refractivity contribution in [1.82, 2.24) is 4.90 Å². The smallest absolute Gasteiger partial charge is 0.348 e. The third-order valence-corrected chi connectivity index (χ3v) is 3.86. The van der Waals surface area contributed by atoms with Crippen molar-refractivity contribution in [3.05, 3.63) is 0 Å². The van der Waals surface area contributed by atoms with Crippen LogP contribution in [0.2, 0.25) is 0 Å². The van der Waals surface area contributed by atoms with Crippen molar-refractivity contribution in [2.75, 3.05) is 14.1 Å². The summed E-state index contributed by atoms with van der Waals surface area (Å²) in [5.41, 5.74) is -2.70. The van der Waals surface area contributed by atoms with Crippen molar-refractivity contribution in [3.63, 3.8) is 0 Å². The zero-order valence-electron chi connectivity index (χ0n) is 10.9. The lowest BCUT2D eigenvalue weighted by Gasteiger charge is -2.30. The Morgan fingerprint density at radius 3 is 1.57 bits per heavy atom. The first kappa shape index (κ1) is 20.2. The predicted molar refractivity (Wildman–Crippen MR) is 59.4 cm³/mol. The van der Waals surface area contributed by atoms with Gasteiger partial charge in [0.1, 0.15) is 5.66 Å². The van der Waals surface area contributed by atoms with E-state index in [0.717, 1.165) is 14.1 Å². The number of nitrogens with zero attached hydrogens (tertiary/aromatic N) is 1. The summed E-state index contributed by atoms with van der Waals surface area (Å²) in [5.74, 6) is -4.08. The highest BCUT2D eigenvalue weighted by Gasteiger charge is 2.50. The number of rotatable bonds is 5. The topological polar surface area (TPSA) is 77.8 Å². The van der Waals surface area contributed by atoms with E-state index in [1.165, 1.54) is 0 Å². The fourth-order valence-corrected chi connectivity index (χ4v) is 3.05. The molecule has 0 aliphatic carbocycles. The fourth-order valence-electron chi connectivity index (χ4n) is 1.77. The Balaban J connectivity index is 5.68. The molecule has 1 unspecified atom stereocenters. The van der Waals surface area contributed by atoms with Crippen molar-refractivity contribution < 1.29 is 45.5 Å². The molecule has 12 heteroatoms. The molecule has 0 aliphatic rings. The number of amides is 1. The van der Waals surface area contributed by atoms with Gasteiger partial charge in [-0.3, -0.25) is 9.36 Å². The molecule has 0 saturated heterocycles. The molecule has 0 rings (SSSR count). The van der Waals surface area contributed by atoms with Gasteiger partial charge in [-0.05, 0) is 5.92 Å². The minimum Gasteiger partial charge on any atom is -0.348 e. The highest BCUT2D eigenvalue weighted by atomic mass is 31.2. The maximum Gasteiger partial charge on any atom is 0.389 e. The van der Waals surface area contributed by atoms with Gasteiger partial charge in [0.25, 0.3) is 0 Å². The molecule has 0 heterocycles. The van der Waals surface area contributed by atoms with Crippen molar-refractivity contribution in [2.24, 2.45) is 5.92 Å². The zero-order valence-corrected chi connectivity index (χ0v) is 11.8. The second-order valence-electron chi connectivity index (χ2n) is 4.67. The molecule has 0 aromatic heterocycles. The van der Waals surface area contributed by atoms with Crippen LogP contribution < -0.4 is 0 Å². The monoisotopic (exact) mass is 345 g/mol. The van der Waals surface area contributed by atoms with Gasteiger partial charge in [0.05, 0.1) is 0 Å². The zero-order chi connectivity index (χ0) is 17.2. The van der Waals surface area contributed by atoms with Gasteiger partial charge in [0.15, 0.2) is 0 Å². The van der Waals surface area contributed by atoms with Crippen LogP contribution in [0, 0.1) is 5.92 Å². The van der Waals surface area contributed by atoms with Crippen molar-refractivity contribution in [2.45, 2.75) is 30.9 Å². The molecule has 0 spiro atoms. The molecule has 0 saturated carbocycles. The Kier molecular flexibility index (Phi) is 6.28. The number of alkyl halides is 6. The molecule has 126 valence electrons. The van der Waals surface area contributed by atoms with Gasteiger partial charge in [0.2, 0.25) is 5.91 Å². The van der Waals surface area contributed by atoms with E-state index in [-0.39, 0.29) is 0 Å². The summed E-state index contributed by atoms with van der Waals surface area (Å²) in [5, 5.41) is 0. The Morgan fingerprint density at radius 2 is 1.38 bits per heavy atom. The summed E-state index contributed by atoms with van der Waals surface area (Å²) in [6, 6.07) is 0. The molecule has 1 atom stereocenters. The molecule has 21 heavy (non-hydrogen) atoms. The Morgan fingerprint density at radius 1 is 1.05 bits per heavy atom. The minimum absolute atomic E-state index is 0.545. The number of hydrogen-bond acceptors (Lipinski definition) is 2. The van der Waals surface area contributed by atoms with Gasteiger partial charge in [-0.25, -0.2) is 0 Å². The Hall–Kier alpha value is -0.800. The first-order valence-corrected chi connectivity index (χ1v) is 7.12. The molecule has 5 nitrogen and oxygen atoms in total. The number of carbonyl (C=O) groups is 1. The third-order valence-electron chi connectivity index (χ3n) is 2.49. The SMILES string of the molecule is CN(C)C(=O)C(C(CC(F)(F)F)CC(F)(F)F)P(=O)(O)O. The van der Waals surface area contributed by atoms with Crippen LogP contribution >= 0.6 is 7.60 Å². The standard InChI is InChI=1S/C9H14F6NO4P/c1-16(2)7(17)6(21(18,19)20)5(3-8(10,11)12)4-9(13,14)15/h5-6H,3-4H2,1-2H3,(H2,18,19,20). The van der Waals surface area contributed by atoms with E-state index in [2.05, 4.69) is 0 Å². The van der Waals surface area contributed by atoms with Crippen LogP contribution in [0.1, 0.15) is 12.8 Å². The quantitative estimate of drug-likeness (QED) is 0.591. The van der Waals surface area contributed by atoms with E-state index in [9.17, 15) is 35.7 Å². The van der Waals surface area contributed by atoms with E-state index in [0.29, 0.717) is 4.90 Å². The van der Waals surface area contributed by atoms with E-state index in [1.807, 2.05) is 0 Å². The lowest BCUT2D eigenvalue weighted by molar-refractivity contribution is -0.174. The predicted octanol–water partition coefficient (Wildman–Crippen LogP) is 2.14. The Bertz CT molecular complexity index is 399. The summed E-state index contributed by atoms with van der Waals surface area (Å²) < 4.78 is 85.3. The molecule has 0 radical (unpaired) electrons. The van der Waals surface area contributed by atoms with Gasteiger partial charge in [0, 0.05) is 26.9 Å². The first-order chi connectivity index (χ1) is 9.04. The van der Waals surface area contributed by atoms with Crippen molar-refractivity contribution in [1.29, 1.82) is 0 Å². The summed E-state index contributed by atoms with van der Waals surface area (Å²) in [4.78, 5) is 30.1. The molecular formula is C9H14F6NO4P. The largest absolute Gasteiger partial charge is 0.389 e. The van der Waals surface area contributed by atoms with Gasteiger partial charge in [-0.1, -0.05) is 0 Å². The maximum atomic E-state index is 12.3. The summed E-state index contributed by atoms with van der Waals surface area (Å²) >= 11 is 0. The van der Waals surface area contributed by atoms with E-state index in [4.69, 9.17) is 9.79 Å². The normalized spacial score (nSPS) is 15.2. The lowest BCUT2D eigenvalue weighted by Crippen LogP contribution is -2.41. The molecule has 0 bridgehead atoms. The maximum absolute atomic E-state index is 12.3. The molecular weight excluding hydrogens is 331 g/mol. The highest BCUT2D eigenvalue weighted by Crippen LogP contribution is 2.50. The summed E-state index contributed by atoms with van der Waals surface area (Å²) in [6.07, 6.45) is -14.4. The second kappa shape index (κ2) is 6.53. The molecule has 1 amide bonds. The number of halogens is 6. The van der Waals surface area contributed by atoms with Gasteiger partial charge in [-0.15, -0.1) is 0 Å². The lowest BCUT2D eigenvalue weighted by atomic mass is 9.95. The average Bonchev–Trinajstić information content (AvgIpc) is 2.08. The van der Waals surface area contributed by atoms with Crippen LogP contribution in [-0.4, -0.2) is 52.7 Å². The van der Waals surface area contributed by atoms with E-state index < -0.39 is 50.3 Å². The van der Waals surface area contributed by atoms with Crippen LogP contribution in [0.25, 0.3) is 0 Å². The van der Waals surface area contributed by atoms with Crippen LogP contribution in [0.15, 0.2) is 0 Å². The first-order valence-electron chi connectivity index (χ1n) is 5.44. The molecule has 0 aromatic carbocycles. The average molecular weight is 345 g/mol. The number of carbonyl (C=O) groups excluding carboxylic acids is 1. The van der Waals surface area contributed by atoms with Gasteiger partial charge < -0.3 is 14.7 Å². The molecule has 2 N–H and O–H groups in total. The van der Waals surface area contributed by atoms with Gasteiger partial charge in [-0.2, -0.15) is 26.3 Å². The summed E-state index contributed by atoms with van der Waals surface area (Å²) in [6.45, 7) is 0. The third kappa shape index (κ3) is 7.68.